The van der Waals surface area contributed by atoms with Gasteiger partial charge < -0.3 is 0 Å². The average Bonchev–Trinajstić information content (AvgIpc) is 3.09. The van der Waals surface area contributed by atoms with Crippen LogP contribution in [0.4, 0.5) is 0 Å². The van der Waals surface area contributed by atoms with Crippen molar-refractivity contribution >= 4 is 31.4 Å². The second kappa shape index (κ2) is 9.29. The van der Waals surface area contributed by atoms with Gasteiger partial charge in [0.05, 0.1) is 0 Å². The number of esters is 1. The Labute approximate surface area is 182 Å². The summed E-state index contributed by atoms with van der Waals surface area (Å²) in [5.41, 5.74) is 4.63. The van der Waals surface area contributed by atoms with E-state index in [1.54, 1.807) is 0 Å². The van der Waals surface area contributed by atoms with E-state index in [0.29, 0.717) is 5.32 Å². The molecule has 1 atom stereocenters. The monoisotopic (exact) mass is 466 g/mol. The Bertz CT molecular complexity index is 1000. The number of carboxylic acid groups (broad SMARTS) is 1. The molecule has 5 heteroatoms. The molecule has 152 valence electrons. The Morgan fingerprint density at radius 1 is 0.867 bits per heavy atom. The first-order valence-electron chi connectivity index (χ1n) is 9.88. The van der Waals surface area contributed by atoms with Gasteiger partial charge >= 0.3 is 182 Å². The molecule has 0 unspecified atom stereocenters. The van der Waals surface area contributed by atoms with Gasteiger partial charge in [-0.05, 0) is 0 Å². The van der Waals surface area contributed by atoms with Crippen molar-refractivity contribution in [3.8, 4) is 11.1 Å². The summed E-state index contributed by atoms with van der Waals surface area (Å²) >= 11 is 0.00787. The fourth-order valence-electron chi connectivity index (χ4n) is 3.81. The summed E-state index contributed by atoms with van der Waals surface area (Å²) in [6.45, 7) is 0.225. The molecule has 0 heterocycles. The van der Waals surface area contributed by atoms with Crippen molar-refractivity contribution in [3.63, 3.8) is 0 Å². The van der Waals surface area contributed by atoms with Crippen molar-refractivity contribution in [3.05, 3.63) is 90.0 Å². The maximum atomic E-state index is 12.5. The van der Waals surface area contributed by atoms with E-state index in [1.165, 1.54) is 11.1 Å². The summed E-state index contributed by atoms with van der Waals surface area (Å²) in [5.74, 6) is -2.13. The van der Waals surface area contributed by atoms with Gasteiger partial charge in [-0.3, -0.25) is 0 Å². The summed E-state index contributed by atoms with van der Waals surface area (Å²) in [7, 11) is 0. The number of carbonyl (C=O) groups excluding carboxylic acids is 1. The van der Waals surface area contributed by atoms with Crippen LogP contribution < -0.4 is 4.46 Å². The van der Waals surface area contributed by atoms with Gasteiger partial charge in [-0.1, -0.05) is 0 Å². The quantitative estimate of drug-likeness (QED) is 0.405. The molecule has 3 aromatic rings. The van der Waals surface area contributed by atoms with Crippen LogP contribution >= 0.6 is 0 Å². The predicted octanol–water partition coefficient (Wildman–Crippen LogP) is 3.88. The van der Waals surface area contributed by atoms with Gasteiger partial charge in [0.2, 0.25) is 0 Å². The predicted molar refractivity (Wildman–Crippen MR) is 117 cm³/mol. The van der Waals surface area contributed by atoms with Crippen molar-refractivity contribution in [1.29, 1.82) is 0 Å². The molecule has 0 saturated carbocycles. The SMILES string of the molecule is O=C(C[C@@H](C[Se]c1ccccc1)C(=O)O)OCC1c2ccccc2-c2ccccc21. The van der Waals surface area contributed by atoms with E-state index < -0.39 is 17.9 Å². The number of benzene rings is 3. The third-order valence-electron chi connectivity index (χ3n) is 5.33. The fourth-order valence-corrected chi connectivity index (χ4v) is 5.91. The molecule has 0 fully saturated rings. The van der Waals surface area contributed by atoms with Crippen LogP contribution in [0.3, 0.4) is 0 Å². The minimum atomic E-state index is -0.943. The number of aliphatic carboxylic acids is 1. The molecule has 1 N–H and O–H groups in total. The van der Waals surface area contributed by atoms with Crippen LogP contribution in [0, 0.1) is 5.92 Å². The third-order valence-corrected chi connectivity index (χ3v) is 7.79. The number of hydrogen-bond acceptors (Lipinski definition) is 3. The van der Waals surface area contributed by atoms with E-state index in [-0.39, 0.29) is 33.9 Å². The van der Waals surface area contributed by atoms with E-state index >= 15 is 0 Å². The van der Waals surface area contributed by atoms with Crippen LogP contribution in [0.25, 0.3) is 11.1 Å². The van der Waals surface area contributed by atoms with E-state index in [4.69, 9.17) is 4.74 Å². The zero-order chi connectivity index (χ0) is 20.9. The topological polar surface area (TPSA) is 63.6 Å². The van der Waals surface area contributed by atoms with E-state index in [1.807, 2.05) is 54.6 Å². The molecule has 0 amide bonds. The summed E-state index contributed by atoms with van der Waals surface area (Å²) in [6, 6.07) is 26.1. The molecule has 1 aliphatic rings. The summed E-state index contributed by atoms with van der Waals surface area (Å²) in [4.78, 5) is 24.1. The first-order chi connectivity index (χ1) is 14.6. The zero-order valence-electron chi connectivity index (χ0n) is 16.4. The Kier molecular flexibility index (Phi) is 6.32. The second-order valence-electron chi connectivity index (χ2n) is 7.27. The molecular weight excluding hydrogens is 443 g/mol. The van der Waals surface area contributed by atoms with Gasteiger partial charge in [0.25, 0.3) is 0 Å². The first-order valence-corrected chi connectivity index (χ1v) is 11.9. The molecule has 0 spiro atoms. The average molecular weight is 465 g/mol. The first kappa shape index (κ1) is 20.4. The standard InChI is InChI=1S/C25H22O4Se/c26-24(14-17(25(27)28)16-30-18-8-2-1-3-9-18)29-15-23-21-12-6-4-10-19(21)20-11-5-7-13-22(20)23/h1-13,17,23H,14-16H2,(H,27,28)/t17-/m0/s1. The molecule has 0 bridgehead atoms. The fraction of sp³-hybridized carbons (Fsp3) is 0.200. The Balaban J connectivity index is 1.38. The van der Waals surface area contributed by atoms with E-state index in [2.05, 4.69) is 24.3 Å². The number of rotatable bonds is 8. The molecule has 3 aromatic carbocycles. The van der Waals surface area contributed by atoms with Crippen LogP contribution in [0.5, 0.6) is 0 Å². The minimum absolute atomic E-state index is 0.00787. The number of carboxylic acids is 1. The van der Waals surface area contributed by atoms with Gasteiger partial charge in [0, 0.05) is 0 Å². The number of fused-ring (bicyclic) bond motifs is 3. The van der Waals surface area contributed by atoms with Crippen LogP contribution in [0.2, 0.25) is 5.32 Å². The summed E-state index contributed by atoms with van der Waals surface area (Å²) < 4.78 is 6.71. The molecule has 0 aromatic heterocycles. The van der Waals surface area contributed by atoms with Crippen LogP contribution in [0.1, 0.15) is 23.5 Å². The van der Waals surface area contributed by atoms with Crippen LogP contribution in [-0.2, 0) is 14.3 Å². The number of ether oxygens (including phenoxy) is 1. The van der Waals surface area contributed by atoms with Crippen molar-refractivity contribution in [2.75, 3.05) is 6.61 Å². The van der Waals surface area contributed by atoms with Gasteiger partial charge in [-0.2, -0.15) is 0 Å². The molecule has 1 aliphatic carbocycles. The molecule has 0 saturated heterocycles. The Morgan fingerprint density at radius 2 is 1.43 bits per heavy atom. The zero-order valence-corrected chi connectivity index (χ0v) is 18.1. The molecule has 4 rings (SSSR count). The molecule has 0 aliphatic heterocycles. The van der Waals surface area contributed by atoms with Gasteiger partial charge in [0.1, 0.15) is 0 Å². The third kappa shape index (κ3) is 4.48. The van der Waals surface area contributed by atoms with Crippen LogP contribution in [0.15, 0.2) is 78.9 Å². The molecule has 4 nitrogen and oxygen atoms in total. The van der Waals surface area contributed by atoms with Crippen molar-refractivity contribution in [2.45, 2.75) is 17.7 Å². The molecular formula is C25H22O4Se. The second-order valence-corrected chi connectivity index (χ2v) is 9.57. The molecule has 0 radical (unpaired) electrons. The van der Waals surface area contributed by atoms with E-state index in [9.17, 15) is 14.7 Å². The van der Waals surface area contributed by atoms with Gasteiger partial charge in [-0.15, -0.1) is 0 Å². The molecule has 30 heavy (non-hydrogen) atoms. The van der Waals surface area contributed by atoms with Gasteiger partial charge in [0.15, 0.2) is 0 Å². The van der Waals surface area contributed by atoms with Crippen molar-refractivity contribution in [1.82, 2.24) is 0 Å². The van der Waals surface area contributed by atoms with Crippen molar-refractivity contribution < 1.29 is 19.4 Å². The summed E-state index contributed by atoms with van der Waals surface area (Å²) in [5, 5.41) is 10.0. The number of carbonyl (C=O) groups is 2. The maximum absolute atomic E-state index is 12.5. The van der Waals surface area contributed by atoms with E-state index in [0.717, 1.165) is 15.6 Å². The van der Waals surface area contributed by atoms with Gasteiger partial charge in [-0.25, -0.2) is 0 Å². The Morgan fingerprint density at radius 3 is 2.03 bits per heavy atom. The Hall–Kier alpha value is -2.88. The van der Waals surface area contributed by atoms with Crippen LogP contribution in [-0.4, -0.2) is 38.6 Å². The number of hydrogen-bond donors (Lipinski definition) is 1. The summed E-state index contributed by atoms with van der Waals surface area (Å²) in [6.07, 6.45) is -0.0973. The normalized spacial score (nSPS) is 13.3. The van der Waals surface area contributed by atoms with Crippen molar-refractivity contribution in [2.24, 2.45) is 5.92 Å².